The summed E-state index contributed by atoms with van der Waals surface area (Å²) in [5.74, 6) is -2.48. The highest BCUT2D eigenvalue weighted by Gasteiger charge is 2.13. The fourth-order valence-corrected chi connectivity index (χ4v) is 3.24. The number of pyridine rings is 1. The average Bonchev–Trinajstić information content (AvgIpc) is 2.92. The molecule has 1 aromatic heterocycles. The number of hydrogen-bond donors (Lipinski definition) is 5. The minimum atomic E-state index is -0.587. The lowest BCUT2D eigenvalue weighted by atomic mass is 10.2. The number of nitriles is 1. The van der Waals surface area contributed by atoms with Gasteiger partial charge in [0.15, 0.2) is 0 Å². The van der Waals surface area contributed by atoms with Gasteiger partial charge in [0, 0.05) is 18.7 Å². The largest absolute Gasteiger partial charge is 0.350 e. The van der Waals surface area contributed by atoms with Crippen LogP contribution < -0.4 is 26.6 Å². The summed E-state index contributed by atoms with van der Waals surface area (Å²) in [6.07, 6.45) is 2.32. The zero-order valence-electron chi connectivity index (χ0n) is 22.7. The fourth-order valence-electron chi connectivity index (χ4n) is 2.72. The van der Waals surface area contributed by atoms with E-state index in [2.05, 4.69) is 31.6 Å². The molecule has 1 heterocycles. The van der Waals surface area contributed by atoms with Crippen molar-refractivity contribution in [3.8, 4) is 6.07 Å². The second-order valence-electron chi connectivity index (χ2n) is 7.58. The zero-order chi connectivity index (χ0) is 29.1. The highest BCUT2D eigenvalue weighted by molar-refractivity contribution is 7.98. The first kappa shape index (κ1) is 34.1. The third kappa shape index (κ3) is 13.4. The molecule has 0 aromatic carbocycles. The van der Waals surface area contributed by atoms with E-state index in [1.807, 2.05) is 40.7 Å². The quantitative estimate of drug-likeness (QED) is 0.227. The Morgan fingerprint density at radius 3 is 1.95 bits per heavy atom. The number of carbonyl (C=O) groups is 5. The van der Waals surface area contributed by atoms with E-state index in [1.165, 1.54) is 23.9 Å². The minimum absolute atomic E-state index is 0.0134. The molecule has 0 saturated heterocycles. The van der Waals surface area contributed by atoms with Gasteiger partial charge in [0.2, 0.25) is 23.6 Å². The van der Waals surface area contributed by atoms with Crippen LogP contribution in [-0.2, 0) is 19.2 Å². The maximum absolute atomic E-state index is 12.2. The maximum atomic E-state index is 12.2. The van der Waals surface area contributed by atoms with Crippen LogP contribution >= 0.6 is 11.8 Å². The highest BCUT2D eigenvalue weighted by Crippen LogP contribution is 2.17. The third-order valence-corrected chi connectivity index (χ3v) is 5.33. The van der Waals surface area contributed by atoms with E-state index in [-0.39, 0.29) is 44.2 Å². The average molecular weight is 548 g/mol. The lowest BCUT2D eigenvalue weighted by molar-refractivity contribution is -0.128. The van der Waals surface area contributed by atoms with Gasteiger partial charge >= 0.3 is 0 Å². The number of thioether (sulfide) groups is 1. The predicted octanol–water partition coefficient (Wildman–Crippen LogP) is 0.990. The molecule has 0 fully saturated rings. The SMILES string of the molecule is CC.CCC(NC(=O)CNC(=O)CNC(=O)CNC(=O)CCNC(=O)c1ccc(C#N)c(SC)n1)=C(C)C. The summed E-state index contributed by atoms with van der Waals surface area (Å²) in [5, 5.41) is 21.8. The Morgan fingerprint density at radius 1 is 0.895 bits per heavy atom. The summed E-state index contributed by atoms with van der Waals surface area (Å²) < 4.78 is 0. The molecule has 0 unspecified atom stereocenters. The van der Waals surface area contributed by atoms with Crippen molar-refractivity contribution in [2.45, 2.75) is 52.5 Å². The van der Waals surface area contributed by atoms with E-state index in [4.69, 9.17) is 5.26 Å². The second-order valence-corrected chi connectivity index (χ2v) is 8.38. The van der Waals surface area contributed by atoms with Gasteiger partial charge in [0.1, 0.15) is 16.8 Å². The Morgan fingerprint density at radius 2 is 1.45 bits per heavy atom. The van der Waals surface area contributed by atoms with Crippen LogP contribution in [0.1, 0.15) is 63.5 Å². The molecule has 208 valence electrons. The van der Waals surface area contributed by atoms with Crippen molar-refractivity contribution in [3.05, 3.63) is 34.7 Å². The van der Waals surface area contributed by atoms with Gasteiger partial charge in [-0.1, -0.05) is 26.3 Å². The number of nitrogens with one attached hydrogen (secondary N) is 5. The number of aromatic nitrogens is 1. The summed E-state index contributed by atoms with van der Waals surface area (Å²) >= 11 is 1.24. The van der Waals surface area contributed by atoms with Crippen LogP contribution in [-0.4, -0.2) is 67.0 Å². The van der Waals surface area contributed by atoms with Gasteiger partial charge in [-0.25, -0.2) is 4.98 Å². The van der Waals surface area contributed by atoms with Crippen molar-refractivity contribution in [2.24, 2.45) is 0 Å². The van der Waals surface area contributed by atoms with Crippen LogP contribution in [0, 0.1) is 11.3 Å². The smallest absolute Gasteiger partial charge is 0.269 e. The topological polar surface area (TPSA) is 182 Å². The summed E-state index contributed by atoms with van der Waals surface area (Å²) in [6, 6.07) is 4.91. The van der Waals surface area contributed by atoms with E-state index >= 15 is 0 Å². The summed E-state index contributed by atoms with van der Waals surface area (Å²) in [7, 11) is 0. The summed E-state index contributed by atoms with van der Waals surface area (Å²) in [6.45, 7) is 8.73. The first-order valence-corrected chi connectivity index (χ1v) is 13.3. The first-order valence-electron chi connectivity index (χ1n) is 12.1. The van der Waals surface area contributed by atoms with Crippen molar-refractivity contribution in [3.63, 3.8) is 0 Å². The zero-order valence-corrected chi connectivity index (χ0v) is 23.6. The lowest BCUT2D eigenvalue weighted by Crippen LogP contribution is -2.44. The maximum Gasteiger partial charge on any atom is 0.269 e. The van der Waals surface area contributed by atoms with Gasteiger partial charge in [-0.05, 0) is 38.7 Å². The molecule has 38 heavy (non-hydrogen) atoms. The molecule has 1 aromatic rings. The fraction of sp³-hybridized carbons (Fsp3) is 0.480. The molecule has 0 atom stereocenters. The molecular formula is C25H37N7O5S. The van der Waals surface area contributed by atoms with Crippen LogP contribution in [0.15, 0.2) is 28.4 Å². The van der Waals surface area contributed by atoms with Crippen molar-refractivity contribution in [1.29, 1.82) is 5.26 Å². The molecule has 0 aliphatic heterocycles. The Kier molecular flexibility index (Phi) is 17.2. The Hall–Kier alpha value is -3.92. The molecule has 0 saturated carbocycles. The third-order valence-electron chi connectivity index (χ3n) is 4.63. The van der Waals surface area contributed by atoms with Gasteiger partial charge in [-0.3, -0.25) is 24.0 Å². The number of allylic oxidation sites excluding steroid dienone is 2. The number of rotatable bonds is 13. The van der Waals surface area contributed by atoms with E-state index < -0.39 is 23.6 Å². The molecule has 5 N–H and O–H groups in total. The Balaban J connectivity index is 0.00000667. The van der Waals surface area contributed by atoms with E-state index in [0.29, 0.717) is 17.0 Å². The molecule has 5 amide bonds. The monoisotopic (exact) mass is 547 g/mol. The predicted molar refractivity (Wildman–Crippen MR) is 145 cm³/mol. The Labute approximate surface area is 227 Å². The van der Waals surface area contributed by atoms with Crippen molar-refractivity contribution in [2.75, 3.05) is 32.4 Å². The van der Waals surface area contributed by atoms with Gasteiger partial charge in [-0.2, -0.15) is 5.26 Å². The minimum Gasteiger partial charge on any atom is -0.350 e. The highest BCUT2D eigenvalue weighted by atomic mass is 32.2. The first-order chi connectivity index (χ1) is 18.1. The van der Waals surface area contributed by atoms with Gasteiger partial charge in [0.05, 0.1) is 25.2 Å². The van der Waals surface area contributed by atoms with Crippen molar-refractivity contribution < 1.29 is 24.0 Å². The molecule has 0 spiro atoms. The number of nitrogens with zero attached hydrogens (tertiary/aromatic N) is 2. The van der Waals surface area contributed by atoms with Crippen LogP contribution in [0.2, 0.25) is 0 Å². The van der Waals surface area contributed by atoms with Crippen LogP contribution in [0.25, 0.3) is 0 Å². The van der Waals surface area contributed by atoms with E-state index in [9.17, 15) is 24.0 Å². The molecule has 12 nitrogen and oxygen atoms in total. The molecule has 1 rings (SSSR count). The normalized spacial score (nSPS) is 9.50. The van der Waals surface area contributed by atoms with Gasteiger partial charge in [0.25, 0.3) is 5.91 Å². The molecular weight excluding hydrogens is 510 g/mol. The van der Waals surface area contributed by atoms with Crippen molar-refractivity contribution in [1.82, 2.24) is 31.6 Å². The summed E-state index contributed by atoms with van der Waals surface area (Å²) in [5.41, 5.74) is 2.25. The molecule has 0 aliphatic carbocycles. The number of carbonyl (C=O) groups excluding carboxylic acids is 5. The summed E-state index contributed by atoms with van der Waals surface area (Å²) in [4.78, 5) is 63.7. The van der Waals surface area contributed by atoms with Crippen molar-refractivity contribution >= 4 is 41.3 Å². The van der Waals surface area contributed by atoms with Crippen LogP contribution in [0.5, 0.6) is 0 Å². The van der Waals surface area contributed by atoms with Crippen LogP contribution in [0.4, 0.5) is 0 Å². The van der Waals surface area contributed by atoms with E-state index in [0.717, 1.165) is 11.3 Å². The standard InChI is InChI=1S/C23H31N7O5S.C2H6/c1-5-16(14(2)3)29-21(34)13-28-20(33)12-27-19(32)11-26-18(31)8-9-25-22(35)17-7-6-15(10-24)23(30-17)36-4;1-2/h6-7H,5,8-9,11-13H2,1-4H3,(H,25,35)(H,26,31)(H,27,32)(H,28,33)(H,29,34);1-2H3. The second kappa shape index (κ2) is 19.2. The number of amides is 5. The molecule has 0 aliphatic rings. The Bertz CT molecular complexity index is 1060. The van der Waals surface area contributed by atoms with Gasteiger partial charge in [-0.15, -0.1) is 11.8 Å². The molecule has 0 radical (unpaired) electrons. The molecule has 0 bridgehead atoms. The molecule has 13 heteroatoms. The number of hydrogen-bond acceptors (Lipinski definition) is 8. The van der Waals surface area contributed by atoms with Crippen LogP contribution in [0.3, 0.4) is 0 Å². The van der Waals surface area contributed by atoms with E-state index in [1.54, 1.807) is 6.26 Å². The van der Waals surface area contributed by atoms with Gasteiger partial charge < -0.3 is 26.6 Å². The lowest BCUT2D eigenvalue weighted by Gasteiger charge is -2.11.